The Labute approximate surface area is 152 Å². The number of methoxy groups -OCH3 is 1. The molecule has 6 nitrogen and oxygen atoms in total. The third-order valence-electron chi connectivity index (χ3n) is 4.24. The monoisotopic (exact) mass is 351 g/mol. The largest absolute Gasteiger partial charge is 0.497 e. The lowest BCUT2D eigenvalue weighted by Crippen LogP contribution is -2.45. The van der Waals surface area contributed by atoms with E-state index in [1.165, 1.54) is 0 Å². The number of aryl methyl sites for hydroxylation is 1. The zero-order valence-corrected chi connectivity index (χ0v) is 14.9. The van der Waals surface area contributed by atoms with Gasteiger partial charge in [-0.25, -0.2) is 4.79 Å². The van der Waals surface area contributed by atoms with Crippen molar-refractivity contribution in [3.05, 3.63) is 70.9 Å². The first-order chi connectivity index (χ1) is 12.5. The highest BCUT2D eigenvalue weighted by Gasteiger charge is 2.31. The van der Waals surface area contributed by atoms with Gasteiger partial charge in [-0.1, -0.05) is 24.3 Å². The molecule has 0 bridgehead atoms. The predicted octanol–water partition coefficient (Wildman–Crippen LogP) is 3.27. The van der Waals surface area contributed by atoms with Crippen LogP contribution in [0.1, 0.15) is 24.1 Å². The molecule has 0 spiro atoms. The van der Waals surface area contributed by atoms with Crippen molar-refractivity contribution in [1.82, 2.24) is 10.6 Å². The lowest BCUT2D eigenvalue weighted by atomic mass is 9.94. The lowest BCUT2D eigenvalue weighted by Gasteiger charge is -2.28. The first-order valence-electron chi connectivity index (χ1n) is 8.28. The molecule has 1 atom stereocenters. The number of nitrogens with one attached hydrogen (secondary N) is 3. The van der Waals surface area contributed by atoms with Gasteiger partial charge < -0.3 is 20.7 Å². The first-order valence-corrected chi connectivity index (χ1v) is 8.28. The van der Waals surface area contributed by atoms with E-state index in [0.29, 0.717) is 22.7 Å². The van der Waals surface area contributed by atoms with Crippen molar-refractivity contribution in [3.63, 3.8) is 0 Å². The summed E-state index contributed by atoms with van der Waals surface area (Å²) in [6, 6.07) is 14.0. The van der Waals surface area contributed by atoms with Crippen molar-refractivity contribution in [1.29, 1.82) is 0 Å². The van der Waals surface area contributed by atoms with Gasteiger partial charge in [0.15, 0.2) is 0 Å². The molecule has 0 fully saturated rings. The molecule has 3 N–H and O–H groups in total. The molecule has 3 rings (SSSR count). The van der Waals surface area contributed by atoms with Gasteiger partial charge in [-0.15, -0.1) is 0 Å². The smallest absolute Gasteiger partial charge is 0.319 e. The zero-order chi connectivity index (χ0) is 18.7. The molecule has 0 radical (unpaired) electrons. The minimum atomic E-state index is -0.542. The maximum atomic E-state index is 12.9. The van der Waals surface area contributed by atoms with Crippen LogP contribution in [0.3, 0.4) is 0 Å². The van der Waals surface area contributed by atoms with Gasteiger partial charge in [0, 0.05) is 11.4 Å². The highest BCUT2D eigenvalue weighted by Crippen LogP contribution is 2.29. The minimum Gasteiger partial charge on any atom is -0.497 e. The average Bonchev–Trinajstić information content (AvgIpc) is 2.61. The van der Waals surface area contributed by atoms with E-state index < -0.39 is 6.04 Å². The Morgan fingerprint density at radius 2 is 1.85 bits per heavy atom. The number of hydrogen-bond acceptors (Lipinski definition) is 3. The van der Waals surface area contributed by atoms with Crippen LogP contribution in [0.5, 0.6) is 5.75 Å². The Morgan fingerprint density at radius 1 is 1.12 bits per heavy atom. The summed E-state index contributed by atoms with van der Waals surface area (Å²) in [4.78, 5) is 24.9. The molecule has 0 saturated carbocycles. The molecule has 2 aromatic carbocycles. The molecule has 1 heterocycles. The molecule has 1 unspecified atom stereocenters. The van der Waals surface area contributed by atoms with Crippen LogP contribution in [-0.2, 0) is 4.79 Å². The van der Waals surface area contributed by atoms with Gasteiger partial charge in [-0.05, 0) is 49.2 Å². The fourth-order valence-electron chi connectivity index (χ4n) is 2.96. The van der Waals surface area contributed by atoms with E-state index in [1.807, 2.05) is 43.3 Å². The summed E-state index contributed by atoms with van der Waals surface area (Å²) in [5, 5.41) is 8.40. The molecule has 6 heteroatoms. The summed E-state index contributed by atoms with van der Waals surface area (Å²) in [5.74, 6) is 0.446. The van der Waals surface area contributed by atoms with Crippen LogP contribution in [0.15, 0.2) is 59.8 Å². The third-order valence-corrected chi connectivity index (χ3v) is 4.24. The van der Waals surface area contributed by atoms with Gasteiger partial charge in [0.1, 0.15) is 5.75 Å². The van der Waals surface area contributed by atoms with Gasteiger partial charge in [0.05, 0.1) is 18.7 Å². The van der Waals surface area contributed by atoms with E-state index in [9.17, 15) is 9.59 Å². The van der Waals surface area contributed by atoms with Crippen LogP contribution >= 0.6 is 0 Å². The second-order valence-electron chi connectivity index (χ2n) is 6.17. The van der Waals surface area contributed by atoms with Crippen LogP contribution < -0.4 is 20.7 Å². The van der Waals surface area contributed by atoms with E-state index in [-0.39, 0.29) is 11.9 Å². The van der Waals surface area contributed by atoms with Gasteiger partial charge in [0.25, 0.3) is 5.91 Å². The Morgan fingerprint density at radius 3 is 2.50 bits per heavy atom. The molecule has 0 saturated heterocycles. The quantitative estimate of drug-likeness (QED) is 0.791. The van der Waals surface area contributed by atoms with Gasteiger partial charge in [0.2, 0.25) is 0 Å². The summed E-state index contributed by atoms with van der Waals surface area (Å²) in [6.07, 6.45) is 0. The van der Waals surface area contributed by atoms with E-state index in [4.69, 9.17) is 4.74 Å². The number of urea groups is 1. The number of hydrogen-bond donors (Lipinski definition) is 3. The van der Waals surface area contributed by atoms with Crippen molar-refractivity contribution < 1.29 is 14.3 Å². The van der Waals surface area contributed by atoms with Crippen LogP contribution in [0.4, 0.5) is 10.5 Å². The second kappa shape index (κ2) is 7.31. The van der Waals surface area contributed by atoms with E-state index in [2.05, 4.69) is 16.0 Å². The number of amides is 3. The number of benzene rings is 2. The highest BCUT2D eigenvalue weighted by molar-refractivity contribution is 6.06. The molecule has 134 valence electrons. The standard InChI is InChI=1S/C20H21N3O3/c1-12-5-4-6-15(11-12)22-19(24)17-13(2)21-20(25)23-18(17)14-7-9-16(26-3)10-8-14/h4-11,18H,1-3H3,(H,22,24)(H2,21,23,25). The molecular formula is C20H21N3O3. The second-order valence-corrected chi connectivity index (χ2v) is 6.17. The summed E-state index contributed by atoms with van der Waals surface area (Å²) >= 11 is 0. The van der Waals surface area contributed by atoms with Gasteiger partial charge in [-0.3, -0.25) is 4.79 Å². The van der Waals surface area contributed by atoms with Gasteiger partial charge in [-0.2, -0.15) is 0 Å². The maximum Gasteiger partial charge on any atom is 0.319 e. The van der Waals surface area contributed by atoms with Crippen molar-refractivity contribution in [2.24, 2.45) is 0 Å². The van der Waals surface area contributed by atoms with Crippen LogP contribution in [0.25, 0.3) is 0 Å². The number of carbonyl (C=O) groups excluding carboxylic acids is 2. The van der Waals surface area contributed by atoms with E-state index >= 15 is 0 Å². The molecule has 0 aliphatic carbocycles. The molecule has 26 heavy (non-hydrogen) atoms. The molecule has 1 aliphatic rings. The summed E-state index contributed by atoms with van der Waals surface area (Å²) in [7, 11) is 1.59. The highest BCUT2D eigenvalue weighted by atomic mass is 16.5. The number of allylic oxidation sites excluding steroid dienone is 1. The first kappa shape index (κ1) is 17.5. The normalized spacial score (nSPS) is 16.6. The lowest BCUT2D eigenvalue weighted by molar-refractivity contribution is -0.113. The van der Waals surface area contributed by atoms with Crippen molar-refractivity contribution in [2.45, 2.75) is 19.9 Å². The fourth-order valence-corrected chi connectivity index (χ4v) is 2.96. The Hall–Kier alpha value is -3.28. The van der Waals surface area contributed by atoms with Crippen molar-refractivity contribution >= 4 is 17.6 Å². The predicted molar refractivity (Wildman–Crippen MR) is 99.9 cm³/mol. The maximum absolute atomic E-state index is 12.9. The van der Waals surface area contributed by atoms with E-state index in [1.54, 1.807) is 26.2 Å². The molecule has 3 amide bonds. The summed E-state index contributed by atoms with van der Waals surface area (Å²) in [5.41, 5.74) is 3.56. The zero-order valence-electron chi connectivity index (χ0n) is 14.9. The number of anilines is 1. The van der Waals surface area contributed by atoms with Crippen LogP contribution in [0.2, 0.25) is 0 Å². The van der Waals surface area contributed by atoms with Crippen LogP contribution in [-0.4, -0.2) is 19.0 Å². The van der Waals surface area contributed by atoms with Gasteiger partial charge >= 0.3 is 6.03 Å². The number of carbonyl (C=O) groups is 2. The van der Waals surface area contributed by atoms with Crippen molar-refractivity contribution in [3.8, 4) is 5.75 Å². The molecule has 2 aromatic rings. The van der Waals surface area contributed by atoms with E-state index in [0.717, 1.165) is 11.1 Å². The Balaban J connectivity index is 1.93. The minimum absolute atomic E-state index is 0.263. The third kappa shape index (κ3) is 3.69. The topological polar surface area (TPSA) is 79.5 Å². The Bertz CT molecular complexity index is 872. The fraction of sp³-hybridized carbons (Fsp3) is 0.200. The average molecular weight is 351 g/mol. The molecule has 0 aromatic heterocycles. The summed E-state index contributed by atoms with van der Waals surface area (Å²) in [6.45, 7) is 3.68. The SMILES string of the molecule is COc1ccc(C2NC(=O)NC(C)=C2C(=O)Nc2cccc(C)c2)cc1. The molecular weight excluding hydrogens is 330 g/mol. The van der Waals surface area contributed by atoms with Crippen LogP contribution in [0, 0.1) is 6.92 Å². The number of ether oxygens (including phenoxy) is 1. The van der Waals surface area contributed by atoms with Crippen molar-refractivity contribution in [2.75, 3.05) is 12.4 Å². The molecule has 1 aliphatic heterocycles. The Kier molecular flexibility index (Phi) is 4.93. The number of rotatable bonds is 4. The summed E-state index contributed by atoms with van der Waals surface area (Å²) < 4.78 is 5.17.